The van der Waals surface area contributed by atoms with E-state index in [4.69, 9.17) is 4.74 Å². The predicted octanol–water partition coefficient (Wildman–Crippen LogP) is 3.76. The minimum atomic E-state index is -3.50. The van der Waals surface area contributed by atoms with Crippen molar-refractivity contribution in [3.05, 3.63) is 54.1 Å². The van der Waals surface area contributed by atoms with Crippen molar-refractivity contribution in [3.63, 3.8) is 0 Å². The summed E-state index contributed by atoms with van der Waals surface area (Å²) in [5.74, 6) is 1.18. The third-order valence-corrected chi connectivity index (χ3v) is 6.82. The molecule has 0 radical (unpaired) electrons. The molecule has 0 spiro atoms. The zero-order valence-electron chi connectivity index (χ0n) is 16.2. The Morgan fingerprint density at radius 3 is 2.18 bits per heavy atom. The molecule has 0 heterocycles. The van der Waals surface area contributed by atoms with Gasteiger partial charge in [0.25, 0.3) is 5.91 Å². The van der Waals surface area contributed by atoms with Crippen LogP contribution in [0.15, 0.2) is 53.4 Å². The lowest BCUT2D eigenvalue weighted by Crippen LogP contribution is -2.30. The molecule has 3 rings (SSSR count). The Morgan fingerprint density at radius 1 is 1.04 bits per heavy atom. The Labute approximate surface area is 166 Å². The first-order valence-electron chi connectivity index (χ1n) is 9.58. The number of amides is 1. The Hall–Kier alpha value is -2.38. The van der Waals surface area contributed by atoms with Crippen molar-refractivity contribution >= 4 is 21.6 Å². The molecular weight excluding hydrogens is 376 g/mol. The van der Waals surface area contributed by atoms with Crippen LogP contribution in [0, 0.1) is 5.92 Å². The van der Waals surface area contributed by atoms with Gasteiger partial charge in [-0.25, -0.2) is 8.42 Å². The normalized spacial score (nSPS) is 14.1. The Balaban J connectivity index is 1.62. The molecule has 2 aromatic carbocycles. The second-order valence-electron chi connectivity index (χ2n) is 6.85. The third kappa shape index (κ3) is 4.91. The summed E-state index contributed by atoms with van der Waals surface area (Å²) in [6.07, 6.45) is 2.46. The van der Waals surface area contributed by atoms with Crippen LogP contribution in [-0.2, 0) is 10.0 Å². The molecule has 1 N–H and O–H groups in total. The molecule has 28 heavy (non-hydrogen) atoms. The van der Waals surface area contributed by atoms with E-state index in [2.05, 4.69) is 5.32 Å². The van der Waals surface area contributed by atoms with Gasteiger partial charge in [-0.3, -0.25) is 4.79 Å². The largest absolute Gasteiger partial charge is 0.493 e. The van der Waals surface area contributed by atoms with Crippen molar-refractivity contribution in [2.24, 2.45) is 5.92 Å². The Kier molecular flexibility index (Phi) is 6.36. The molecular formula is C21H26N2O4S. The van der Waals surface area contributed by atoms with Gasteiger partial charge in [-0.05, 0) is 67.3 Å². The van der Waals surface area contributed by atoms with Gasteiger partial charge in [-0.15, -0.1) is 0 Å². The summed E-state index contributed by atoms with van der Waals surface area (Å²) in [6, 6.07) is 13.2. The number of ether oxygens (including phenoxy) is 1. The van der Waals surface area contributed by atoms with E-state index in [1.807, 2.05) is 0 Å². The molecule has 150 valence electrons. The fraction of sp³-hybridized carbons (Fsp3) is 0.381. The molecule has 0 saturated heterocycles. The molecule has 1 saturated carbocycles. The van der Waals surface area contributed by atoms with E-state index in [1.54, 1.807) is 50.2 Å². The maximum atomic E-state index is 12.5. The van der Waals surface area contributed by atoms with Gasteiger partial charge in [-0.2, -0.15) is 4.31 Å². The zero-order chi connectivity index (χ0) is 20.1. The lowest BCUT2D eigenvalue weighted by molar-refractivity contribution is 0.102. The van der Waals surface area contributed by atoms with Crippen molar-refractivity contribution < 1.29 is 17.9 Å². The highest BCUT2D eigenvalue weighted by Gasteiger charge is 2.22. The summed E-state index contributed by atoms with van der Waals surface area (Å²) in [5, 5.41) is 2.79. The number of benzene rings is 2. The summed E-state index contributed by atoms with van der Waals surface area (Å²) in [7, 11) is -3.50. The molecule has 1 amide bonds. The number of nitrogens with zero attached hydrogens (tertiary/aromatic N) is 1. The number of anilines is 1. The van der Waals surface area contributed by atoms with E-state index in [1.165, 1.54) is 29.3 Å². The molecule has 2 aromatic rings. The topological polar surface area (TPSA) is 75.7 Å². The second kappa shape index (κ2) is 8.75. The van der Waals surface area contributed by atoms with E-state index in [0.29, 0.717) is 30.3 Å². The average Bonchev–Trinajstić information content (AvgIpc) is 3.52. The summed E-state index contributed by atoms with van der Waals surface area (Å²) in [4.78, 5) is 12.6. The summed E-state index contributed by atoms with van der Waals surface area (Å²) < 4.78 is 32.1. The monoisotopic (exact) mass is 402 g/mol. The fourth-order valence-electron chi connectivity index (χ4n) is 2.83. The smallest absolute Gasteiger partial charge is 0.255 e. The van der Waals surface area contributed by atoms with Crippen LogP contribution in [-0.4, -0.2) is 38.3 Å². The van der Waals surface area contributed by atoms with Gasteiger partial charge in [0.15, 0.2) is 0 Å². The van der Waals surface area contributed by atoms with E-state index >= 15 is 0 Å². The highest BCUT2D eigenvalue weighted by molar-refractivity contribution is 7.89. The number of carbonyl (C=O) groups excluding carboxylic acids is 1. The van der Waals surface area contributed by atoms with Crippen molar-refractivity contribution in [1.82, 2.24) is 4.31 Å². The van der Waals surface area contributed by atoms with E-state index in [9.17, 15) is 13.2 Å². The van der Waals surface area contributed by atoms with Gasteiger partial charge in [0.2, 0.25) is 10.0 Å². The molecule has 0 aliphatic heterocycles. The average molecular weight is 403 g/mol. The molecule has 0 aromatic heterocycles. The fourth-order valence-corrected chi connectivity index (χ4v) is 4.29. The van der Waals surface area contributed by atoms with Crippen molar-refractivity contribution in [2.75, 3.05) is 25.0 Å². The third-order valence-electron chi connectivity index (χ3n) is 4.75. The lowest BCUT2D eigenvalue weighted by Gasteiger charge is -2.18. The first-order valence-corrected chi connectivity index (χ1v) is 11.0. The van der Waals surface area contributed by atoms with Gasteiger partial charge in [0.1, 0.15) is 5.75 Å². The van der Waals surface area contributed by atoms with Crippen LogP contribution in [0.4, 0.5) is 5.69 Å². The highest BCUT2D eigenvalue weighted by atomic mass is 32.2. The minimum Gasteiger partial charge on any atom is -0.493 e. The summed E-state index contributed by atoms with van der Waals surface area (Å²) in [6.45, 7) is 5.17. The van der Waals surface area contributed by atoms with Crippen LogP contribution in [0.2, 0.25) is 0 Å². The molecule has 1 aliphatic carbocycles. The SMILES string of the molecule is CCN(CC)S(=O)(=O)c1ccc(NC(=O)c2ccc(OCC3CC3)cc2)cc1. The second-order valence-corrected chi connectivity index (χ2v) is 8.78. The van der Waals surface area contributed by atoms with Gasteiger partial charge in [0.05, 0.1) is 11.5 Å². The first-order chi connectivity index (χ1) is 13.4. The first kappa shape index (κ1) is 20.4. The molecule has 0 atom stereocenters. The molecule has 7 heteroatoms. The van der Waals surface area contributed by atoms with Crippen LogP contribution in [0.5, 0.6) is 5.75 Å². The number of carbonyl (C=O) groups is 1. The van der Waals surface area contributed by atoms with Crippen LogP contribution >= 0.6 is 0 Å². The van der Waals surface area contributed by atoms with Crippen molar-refractivity contribution in [2.45, 2.75) is 31.6 Å². The molecule has 6 nitrogen and oxygen atoms in total. The number of hydrogen-bond donors (Lipinski definition) is 1. The van der Waals surface area contributed by atoms with Crippen LogP contribution < -0.4 is 10.1 Å². The number of nitrogens with one attached hydrogen (secondary N) is 1. The Bertz CT molecular complexity index is 900. The zero-order valence-corrected chi connectivity index (χ0v) is 17.0. The highest BCUT2D eigenvalue weighted by Crippen LogP contribution is 2.29. The quantitative estimate of drug-likeness (QED) is 0.693. The van der Waals surface area contributed by atoms with Gasteiger partial charge < -0.3 is 10.1 Å². The van der Waals surface area contributed by atoms with Crippen molar-refractivity contribution in [1.29, 1.82) is 0 Å². The van der Waals surface area contributed by atoms with Crippen LogP contribution in [0.1, 0.15) is 37.0 Å². The molecule has 1 fully saturated rings. The predicted molar refractivity (Wildman–Crippen MR) is 109 cm³/mol. The summed E-state index contributed by atoms with van der Waals surface area (Å²) >= 11 is 0. The minimum absolute atomic E-state index is 0.214. The number of hydrogen-bond acceptors (Lipinski definition) is 4. The van der Waals surface area contributed by atoms with E-state index in [-0.39, 0.29) is 10.8 Å². The molecule has 0 bridgehead atoms. The number of sulfonamides is 1. The summed E-state index contributed by atoms with van der Waals surface area (Å²) in [5.41, 5.74) is 1.05. The van der Waals surface area contributed by atoms with Crippen LogP contribution in [0.3, 0.4) is 0 Å². The number of rotatable bonds is 9. The van der Waals surface area contributed by atoms with Crippen LogP contribution in [0.25, 0.3) is 0 Å². The Morgan fingerprint density at radius 2 is 1.64 bits per heavy atom. The van der Waals surface area contributed by atoms with Gasteiger partial charge in [0, 0.05) is 24.3 Å². The van der Waals surface area contributed by atoms with E-state index in [0.717, 1.165) is 12.4 Å². The van der Waals surface area contributed by atoms with Gasteiger partial charge >= 0.3 is 0 Å². The van der Waals surface area contributed by atoms with E-state index < -0.39 is 10.0 Å². The standard InChI is InChI=1S/C21H26N2O4S/c1-3-23(4-2)28(25,26)20-13-9-18(10-14-20)22-21(24)17-7-11-19(12-8-17)27-15-16-5-6-16/h7-14,16H,3-6,15H2,1-2H3,(H,22,24). The maximum Gasteiger partial charge on any atom is 0.255 e. The maximum absolute atomic E-state index is 12.5. The lowest BCUT2D eigenvalue weighted by atomic mass is 10.2. The molecule has 1 aliphatic rings. The molecule has 0 unspecified atom stereocenters. The van der Waals surface area contributed by atoms with Crippen molar-refractivity contribution in [3.8, 4) is 5.75 Å². The van der Waals surface area contributed by atoms with Gasteiger partial charge in [-0.1, -0.05) is 13.8 Å².